The van der Waals surface area contributed by atoms with Gasteiger partial charge in [-0.1, -0.05) is 99.6 Å². The van der Waals surface area contributed by atoms with Gasteiger partial charge in [0.25, 0.3) is 0 Å². The fourth-order valence-corrected chi connectivity index (χ4v) is 8.16. The van der Waals surface area contributed by atoms with E-state index in [1.54, 1.807) is 0 Å². The first-order valence-corrected chi connectivity index (χ1v) is 12.4. The minimum atomic E-state index is -0.649. The number of para-hydroxylation sites is 1. The molecule has 2 fully saturated rings. The third-order valence-corrected chi connectivity index (χ3v) is 9.82. The maximum absolute atomic E-state index is 5.47. The number of hydrogen-bond donors (Lipinski definition) is 0. The van der Waals surface area contributed by atoms with Crippen molar-refractivity contribution >= 4 is 35.2 Å². The molecule has 30 heavy (non-hydrogen) atoms. The van der Waals surface area contributed by atoms with Crippen LogP contribution in [0.15, 0.2) is 89.9 Å². The minimum Gasteiger partial charge on any atom is -0.256 e. The zero-order valence-electron chi connectivity index (χ0n) is 18.2. The topological polar surface area (TPSA) is 12.4 Å². The highest BCUT2D eigenvalue weighted by Crippen LogP contribution is 2.61. The summed E-state index contributed by atoms with van der Waals surface area (Å²) in [6.45, 7) is 7.28. The monoisotopic (exact) mass is 411 g/mol. The molecule has 0 unspecified atom stereocenters. The second-order valence-corrected chi connectivity index (χ2v) is 11.9. The summed E-state index contributed by atoms with van der Waals surface area (Å²) in [5.74, 6) is 0.776. The average molecular weight is 412 g/mol. The Morgan fingerprint density at radius 1 is 0.767 bits per heavy atom. The van der Waals surface area contributed by atoms with Crippen molar-refractivity contribution in [1.29, 1.82) is 0 Å². The molecule has 2 atom stereocenters. The summed E-state index contributed by atoms with van der Waals surface area (Å²) in [5.41, 5.74) is 3.05. The Labute approximate surface area is 182 Å². The highest BCUT2D eigenvalue weighted by atomic mass is 31.1. The fourth-order valence-electron chi connectivity index (χ4n) is 5.77. The second-order valence-electron chi connectivity index (χ2n) is 9.68. The van der Waals surface area contributed by atoms with Gasteiger partial charge in [0.15, 0.2) is 0 Å². The molecule has 0 aromatic heterocycles. The highest BCUT2D eigenvalue weighted by molar-refractivity contribution is 7.80. The molecule has 2 aliphatic carbocycles. The van der Waals surface area contributed by atoms with Crippen molar-refractivity contribution in [3.8, 4) is 0 Å². The SMILES string of the molecule is CC1(C)C(=Nc2ccccc2P(c2ccccc2)c2ccccc2)[C@@]2(C)CC[C@H]1C2. The van der Waals surface area contributed by atoms with E-state index >= 15 is 0 Å². The van der Waals surface area contributed by atoms with Crippen LogP contribution in [0.25, 0.3) is 0 Å². The normalized spacial score (nSPS) is 25.9. The molecule has 0 N–H and O–H groups in total. The van der Waals surface area contributed by atoms with E-state index < -0.39 is 7.92 Å². The van der Waals surface area contributed by atoms with E-state index in [-0.39, 0.29) is 10.8 Å². The number of hydrogen-bond acceptors (Lipinski definition) is 1. The van der Waals surface area contributed by atoms with Gasteiger partial charge in [-0.3, -0.25) is 4.99 Å². The molecule has 2 bridgehead atoms. The standard InChI is InChI=1S/C28H30NP/c1-27(2)21-18-19-28(3,20-21)26(27)29-24-16-10-11-17-25(24)30(22-12-6-4-7-13-22)23-14-8-5-9-15-23/h4-17,21H,18-20H2,1-3H3/t21-,28-/m0/s1. The van der Waals surface area contributed by atoms with Crippen LogP contribution >= 0.6 is 7.92 Å². The van der Waals surface area contributed by atoms with E-state index in [1.807, 2.05) is 0 Å². The molecule has 5 rings (SSSR count). The molecule has 0 aliphatic heterocycles. The highest BCUT2D eigenvalue weighted by Gasteiger charge is 2.57. The van der Waals surface area contributed by atoms with Crippen LogP contribution in [-0.2, 0) is 0 Å². The van der Waals surface area contributed by atoms with Crippen LogP contribution < -0.4 is 15.9 Å². The lowest BCUT2D eigenvalue weighted by molar-refractivity contribution is 0.333. The van der Waals surface area contributed by atoms with Crippen LogP contribution in [-0.4, -0.2) is 5.71 Å². The van der Waals surface area contributed by atoms with Crippen molar-refractivity contribution in [2.24, 2.45) is 21.7 Å². The van der Waals surface area contributed by atoms with E-state index in [0.29, 0.717) is 0 Å². The quantitative estimate of drug-likeness (QED) is 0.443. The third-order valence-electron chi connectivity index (χ3n) is 7.33. The number of aliphatic imine (C=N–C) groups is 1. The average Bonchev–Trinajstić information content (AvgIpc) is 3.25. The van der Waals surface area contributed by atoms with Gasteiger partial charge in [0, 0.05) is 21.8 Å². The molecule has 1 nitrogen and oxygen atoms in total. The van der Waals surface area contributed by atoms with Crippen LogP contribution in [0, 0.1) is 16.7 Å². The van der Waals surface area contributed by atoms with Gasteiger partial charge >= 0.3 is 0 Å². The van der Waals surface area contributed by atoms with E-state index in [1.165, 1.54) is 40.9 Å². The van der Waals surface area contributed by atoms with Gasteiger partial charge in [0.2, 0.25) is 0 Å². The Balaban J connectivity index is 1.67. The zero-order valence-corrected chi connectivity index (χ0v) is 19.1. The minimum absolute atomic E-state index is 0.197. The third kappa shape index (κ3) is 3.25. The van der Waals surface area contributed by atoms with E-state index in [9.17, 15) is 0 Å². The Morgan fingerprint density at radius 3 is 1.90 bits per heavy atom. The van der Waals surface area contributed by atoms with E-state index in [2.05, 4.69) is 106 Å². The van der Waals surface area contributed by atoms with Gasteiger partial charge in [0.1, 0.15) is 0 Å². The van der Waals surface area contributed by atoms with Crippen molar-refractivity contribution in [2.45, 2.75) is 40.0 Å². The molecule has 3 aromatic rings. The smallest absolute Gasteiger partial charge is 0.0712 e. The molecule has 3 aromatic carbocycles. The first-order valence-electron chi connectivity index (χ1n) is 11.1. The summed E-state index contributed by atoms with van der Waals surface area (Å²) >= 11 is 0. The van der Waals surface area contributed by atoms with Crippen molar-refractivity contribution in [1.82, 2.24) is 0 Å². The van der Waals surface area contributed by atoms with Crippen molar-refractivity contribution in [3.05, 3.63) is 84.9 Å². The maximum Gasteiger partial charge on any atom is 0.0712 e. The Bertz CT molecular complexity index is 1020. The summed E-state index contributed by atoms with van der Waals surface area (Å²) < 4.78 is 0. The first kappa shape index (κ1) is 19.7. The fraction of sp³-hybridized carbons (Fsp3) is 0.321. The first-order chi connectivity index (χ1) is 14.5. The van der Waals surface area contributed by atoms with Crippen molar-refractivity contribution in [2.75, 3.05) is 0 Å². The van der Waals surface area contributed by atoms with Gasteiger partial charge in [-0.2, -0.15) is 0 Å². The lowest BCUT2D eigenvalue weighted by atomic mass is 9.71. The van der Waals surface area contributed by atoms with Crippen molar-refractivity contribution in [3.63, 3.8) is 0 Å². The molecule has 2 saturated carbocycles. The Kier molecular flexibility index (Phi) is 4.91. The Morgan fingerprint density at radius 2 is 1.33 bits per heavy atom. The predicted molar refractivity (Wildman–Crippen MR) is 131 cm³/mol. The molecule has 152 valence electrons. The summed E-state index contributed by atoms with van der Waals surface area (Å²) in [5, 5.41) is 4.12. The summed E-state index contributed by atoms with van der Waals surface area (Å²) in [6.07, 6.45) is 3.94. The molecule has 0 heterocycles. The van der Waals surface area contributed by atoms with Gasteiger partial charge < -0.3 is 0 Å². The largest absolute Gasteiger partial charge is 0.256 e. The van der Waals surface area contributed by atoms with Crippen LogP contribution in [0.1, 0.15) is 40.0 Å². The molecule has 0 spiro atoms. The van der Waals surface area contributed by atoms with Gasteiger partial charge in [0.05, 0.1) is 5.69 Å². The van der Waals surface area contributed by atoms with Crippen molar-refractivity contribution < 1.29 is 0 Å². The summed E-state index contributed by atoms with van der Waals surface area (Å²) in [6, 6.07) is 30.8. The van der Waals surface area contributed by atoms with Gasteiger partial charge in [-0.05, 0) is 49.8 Å². The summed E-state index contributed by atoms with van der Waals surface area (Å²) in [4.78, 5) is 5.47. The van der Waals surface area contributed by atoms with Gasteiger partial charge in [-0.25, -0.2) is 0 Å². The number of benzene rings is 3. The second kappa shape index (κ2) is 7.47. The molecule has 0 saturated heterocycles. The van der Waals surface area contributed by atoms with E-state index in [4.69, 9.17) is 4.99 Å². The van der Waals surface area contributed by atoms with Crippen LogP contribution in [0.4, 0.5) is 5.69 Å². The molecule has 2 heteroatoms. The van der Waals surface area contributed by atoms with Crippen LogP contribution in [0.2, 0.25) is 0 Å². The molecule has 2 aliphatic rings. The lowest BCUT2D eigenvalue weighted by Crippen LogP contribution is -2.35. The summed E-state index contributed by atoms with van der Waals surface area (Å²) in [7, 11) is -0.649. The van der Waals surface area contributed by atoms with Gasteiger partial charge in [-0.15, -0.1) is 0 Å². The van der Waals surface area contributed by atoms with E-state index in [0.717, 1.165) is 11.6 Å². The predicted octanol–water partition coefficient (Wildman–Crippen LogP) is 6.36. The van der Waals surface area contributed by atoms with Crippen LogP contribution in [0.5, 0.6) is 0 Å². The lowest BCUT2D eigenvalue weighted by Gasteiger charge is -2.35. The molecule has 0 radical (unpaired) electrons. The number of rotatable bonds is 4. The van der Waals surface area contributed by atoms with Crippen LogP contribution in [0.3, 0.4) is 0 Å². The molecule has 0 amide bonds. The number of fused-ring (bicyclic) bond motifs is 2. The maximum atomic E-state index is 5.47. The number of nitrogens with zero attached hydrogens (tertiary/aromatic N) is 1. The molecular weight excluding hydrogens is 381 g/mol. The molecular formula is C28H30NP. The Hall–Kier alpha value is -2.24. The zero-order chi connectivity index (χ0) is 20.8.